The van der Waals surface area contributed by atoms with Crippen molar-refractivity contribution in [3.63, 3.8) is 0 Å². The summed E-state index contributed by atoms with van der Waals surface area (Å²) >= 11 is 0. The minimum absolute atomic E-state index is 0.0390. The Morgan fingerprint density at radius 1 is 1.07 bits per heavy atom. The van der Waals surface area contributed by atoms with Crippen molar-refractivity contribution in [2.75, 3.05) is 13.1 Å². The first kappa shape index (κ1) is 17.4. The van der Waals surface area contributed by atoms with Crippen LogP contribution >= 0.6 is 0 Å². The van der Waals surface area contributed by atoms with Crippen molar-refractivity contribution in [3.8, 4) is 11.1 Å². The van der Waals surface area contributed by atoms with Crippen molar-refractivity contribution in [1.29, 1.82) is 0 Å². The van der Waals surface area contributed by atoms with E-state index in [4.69, 9.17) is 0 Å². The standard InChI is InChI=1S/C21H19N7O/c29-21(18-12-26-28-10-2-6-24-20(18)28)27-9-1-3-16(13-27)19-17(11-23-14-25-19)15-4-7-22-8-5-15/h2,4-8,10-12,14,16H,1,3,9,13H2. The maximum atomic E-state index is 13.2. The number of rotatable bonds is 3. The molecule has 29 heavy (non-hydrogen) atoms. The second-order valence-corrected chi connectivity index (χ2v) is 7.09. The number of carbonyl (C=O) groups is 1. The Kier molecular flexibility index (Phi) is 4.44. The van der Waals surface area contributed by atoms with Crippen LogP contribution in [0.4, 0.5) is 0 Å². The van der Waals surface area contributed by atoms with Crippen LogP contribution in [-0.2, 0) is 0 Å². The van der Waals surface area contributed by atoms with Crippen LogP contribution in [-0.4, -0.2) is 53.4 Å². The Bertz CT molecular complexity index is 1160. The molecule has 0 aliphatic carbocycles. The van der Waals surface area contributed by atoms with Crippen LogP contribution in [0.5, 0.6) is 0 Å². The van der Waals surface area contributed by atoms with Gasteiger partial charge in [0, 0.05) is 55.6 Å². The minimum Gasteiger partial charge on any atom is -0.338 e. The van der Waals surface area contributed by atoms with E-state index in [-0.39, 0.29) is 11.8 Å². The predicted molar refractivity (Wildman–Crippen MR) is 106 cm³/mol. The maximum Gasteiger partial charge on any atom is 0.259 e. The molecule has 0 spiro atoms. The summed E-state index contributed by atoms with van der Waals surface area (Å²) in [5.41, 5.74) is 4.11. The van der Waals surface area contributed by atoms with Crippen molar-refractivity contribution < 1.29 is 4.79 Å². The lowest BCUT2D eigenvalue weighted by Gasteiger charge is -2.33. The molecule has 1 aliphatic heterocycles. The molecule has 4 aromatic heterocycles. The summed E-state index contributed by atoms with van der Waals surface area (Å²) < 4.78 is 1.63. The molecule has 144 valence electrons. The molecule has 5 heterocycles. The van der Waals surface area contributed by atoms with Crippen LogP contribution < -0.4 is 0 Å². The summed E-state index contributed by atoms with van der Waals surface area (Å²) in [4.78, 5) is 32.3. The molecule has 0 saturated carbocycles. The first-order chi connectivity index (χ1) is 14.3. The molecule has 8 heteroatoms. The first-order valence-corrected chi connectivity index (χ1v) is 9.59. The zero-order valence-corrected chi connectivity index (χ0v) is 15.7. The van der Waals surface area contributed by atoms with Crippen LogP contribution in [0.3, 0.4) is 0 Å². The van der Waals surface area contributed by atoms with Crippen molar-refractivity contribution in [2.24, 2.45) is 0 Å². The number of likely N-dealkylation sites (tertiary alicyclic amines) is 1. The molecule has 1 fully saturated rings. The van der Waals surface area contributed by atoms with Crippen LogP contribution in [0.15, 0.2) is 61.7 Å². The fourth-order valence-electron chi connectivity index (χ4n) is 3.95. The number of nitrogens with zero attached hydrogens (tertiary/aromatic N) is 7. The summed E-state index contributed by atoms with van der Waals surface area (Å²) in [5, 5.41) is 4.25. The number of pyridine rings is 1. The molecule has 1 atom stereocenters. The van der Waals surface area contributed by atoms with Gasteiger partial charge in [-0.1, -0.05) is 0 Å². The van der Waals surface area contributed by atoms with Crippen molar-refractivity contribution in [1.82, 2.24) is 34.4 Å². The van der Waals surface area contributed by atoms with E-state index in [9.17, 15) is 4.79 Å². The van der Waals surface area contributed by atoms with Crippen molar-refractivity contribution >= 4 is 11.6 Å². The summed E-state index contributed by atoms with van der Waals surface area (Å²) in [6.07, 6.45) is 13.9. The number of aromatic nitrogens is 6. The lowest BCUT2D eigenvalue weighted by molar-refractivity contribution is 0.0707. The third kappa shape index (κ3) is 3.22. The molecule has 0 N–H and O–H groups in total. The molecule has 0 radical (unpaired) electrons. The highest BCUT2D eigenvalue weighted by Gasteiger charge is 2.29. The quantitative estimate of drug-likeness (QED) is 0.539. The largest absolute Gasteiger partial charge is 0.338 e. The first-order valence-electron chi connectivity index (χ1n) is 9.59. The third-order valence-electron chi connectivity index (χ3n) is 5.34. The maximum absolute atomic E-state index is 13.2. The monoisotopic (exact) mass is 385 g/mol. The third-order valence-corrected chi connectivity index (χ3v) is 5.34. The molecule has 0 bridgehead atoms. The second kappa shape index (κ2) is 7.38. The molecular weight excluding hydrogens is 366 g/mol. The van der Waals surface area contributed by atoms with Gasteiger partial charge in [-0.05, 0) is 36.6 Å². The normalized spacial score (nSPS) is 16.8. The number of amides is 1. The van der Waals surface area contributed by atoms with E-state index >= 15 is 0 Å². The van der Waals surface area contributed by atoms with Crippen LogP contribution in [0.2, 0.25) is 0 Å². The number of fused-ring (bicyclic) bond motifs is 1. The van der Waals surface area contributed by atoms with Crippen molar-refractivity contribution in [2.45, 2.75) is 18.8 Å². The summed E-state index contributed by atoms with van der Waals surface area (Å²) in [5.74, 6) is 0.108. The molecular formula is C21H19N7O. The summed E-state index contributed by atoms with van der Waals surface area (Å²) in [6, 6.07) is 5.71. The summed E-state index contributed by atoms with van der Waals surface area (Å²) in [6.45, 7) is 1.33. The molecule has 8 nitrogen and oxygen atoms in total. The Morgan fingerprint density at radius 2 is 1.97 bits per heavy atom. The molecule has 0 aromatic carbocycles. The van der Waals surface area contributed by atoms with Gasteiger partial charge < -0.3 is 4.90 Å². The zero-order valence-electron chi connectivity index (χ0n) is 15.7. The van der Waals surface area contributed by atoms with E-state index in [2.05, 4.69) is 25.0 Å². The van der Waals surface area contributed by atoms with E-state index in [1.165, 1.54) is 0 Å². The Hall–Kier alpha value is -3.68. The van der Waals surface area contributed by atoms with Crippen LogP contribution in [0.25, 0.3) is 16.8 Å². The highest BCUT2D eigenvalue weighted by atomic mass is 16.2. The molecule has 1 saturated heterocycles. The molecule has 4 aromatic rings. The second-order valence-electron chi connectivity index (χ2n) is 7.09. The van der Waals surface area contributed by atoms with Gasteiger partial charge in [0.1, 0.15) is 11.9 Å². The fraction of sp³-hybridized carbons (Fsp3) is 0.238. The van der Waals surface area contributed by atoms with Gasteiger partial charge >= 0.3 is 0 Å². The van der Waals surface area contributed by atoms with Crippen molar-refractivity contribution in [3.05, 3.63) is 73.0 Å². The highest BCUT2D eigenvalue weighted by Crippen LogP contribution is 2.33. The van der Waals surface area contributed by atoms with Gasteiger partial charge in [0.05, 0.1) is 11.9 Å². The smallest absolute Gasteiger partial charge is 0.259 e. The van der Waals surface area contributed by atoms with Gasteiger partial charge in [0.2, 0.25) is 0 Å². The van der Waals surface area contributed by atoms with E-state index in [1.54, 1.807) is 47.9 Å². The Labute approximate surface area is 167 Å². The average Bonchev–Trinajstić information content (AvgIpc) is 3.23. The Balaban J connectivity index is 1.44. The molecule has 1 unspecified atom stereocenters. The SMILES string of the molecule is O=C(c1cnn2cccnc12)N1CCCC(c2ncncc2-c2ccncc2)C1. The van der Waals surface area contributed by atoms with Gasteiger partial charge in [0.15, 0.2) is 5.65 Å². The van der Waals surface area contributed by atoms with Gasteiger partial charge in [-0.15, -0.1) is 0 Å². The van der Waals surface area contributed by atoms with Gasteiger partial charge in [-0.25, -0.2) is 19.5 Å². The Morgan fingerprint density at radius 3 is 2.86 bits per heavy atom. The van der Waals surface area contributed by atoms with Gasteiger partial charge in [-0.2, -0.15) is 5.10 Å². The van der Waals surface area contributed by atoms with E-state index in [1.807, 2.05) is 23.2 Å². The number of hydrogen-bond donors (Lipinski definition) is 0. The average molecular weight is 385 g/mol. The topological polar surface area (TPSA) is 89.2 Å². The lowest BCUT2D eigenvalue weighted by atomic mass is 9.90. The zero-order chi connectivity index (χ0) is 19.6. The van der Waals surface area contributed by atoms with Crippen LogP contribution in [0.1, 0.15) is 34.8 Å². The fourth-order valence-corrected chi connectivity index (χ4v) is 3.95. The van der Waals surface area contributed by atoms with Gasteiger partial charge in [0.25, 0.3) is 5.91 Å². The molecule has 5 rings (SSSR count). The van der Waals surface area contributed by atoms with E-state index < -0.39 is 0 Å². The summed E-state index contributed by atoms with van der Waals surface area (Å²) in [7, 11) is 0. The highest BCUT2D eigenvalue weighted by molar-refractivity contribution is 5.99. The van der Waals surface area contributed by atoms with Crippen LogP contribution in [0, 0.1) is 0 Å². The minimum atomic E-state index is -0.0390. The molecule has 1 aliphatic rings. The van der Waals surface area contributed by atoms with Gasteiger partial charge in [-0.3, -0.25) is 9.78 Å². The predicted octanol–water partition coefficient (Wildman–Crippen LogP) is 2.60. The number of carbonyl (C=O) groups excluding carboxylic acids is 1. The number of hydrogen-bond acceptors (Lipinski definition) is 6. The lowest BCUT2D eigenvalue weighted by Crippen LogP contribution is -2.39. The molecule has 1 amide bonds. The van der Waals surface area contributed by atoms with E-state index in [0.717, 1.165) is 36.2 Å². The number of piperidine rings is 1. The van der Waals surface area contributed by atoms with E-state index in [0.29, 0.717) is 17.8 Å².